The number of hydrogen-bond donors (Lipinski definition) is 1. The Bertz CT molecular complexity index is 284. The van der Waals surface area contributed by atoms with Crippen LogP contribution in [0, 0.1) is 5.92 Å². The second-order valence-corrected chi connectivity index (χ2v) is 4.47. The molecule has 0 saturated heterocycles. The van der Waals surface area contributed by atoms with E-state index in [1.165, 1.54) is 0 Å². The molecule has 0 radical (unpaired) electrons. The van der Waals surface area contributed by atoms with Gasteiger partial charge in [-0.1, -0.05) is 0 Å². The zero-order valence-corrected chi connectivity index (χ0v) is 8.55. The highest BCUT2D eigenvalue weighted by atomic mass is 16.1. The molecule has 0 aromatic carbocycles. The van der Waals surface area contributed by atoms with Gasteiger partial charge >= 0.3 is 0 Å². The Morgan fingerprint density at radius 3 is 2.79 bits per heavy atom. The van der Waals surface area contributed by atoms with E-state index in [1.807, 2.05) is 19.1 Å². The minimum absolute atomic E-state index is 0.222. The summed E-state index contributed by atoms with van der Waals surface area (Å²) in [6, 6.07) is 0. The average molecular weight is 192 g/mol. The Morgan fingerprint density at radius 1 is 1.57 bits per heavy atom. The summed E-state index contributed by atoms with van der Waals surface area (Å²) in [4.78, 5) is 10.5. The van der Waals surface area contributed by atoms with Gasteiger partial charge in [-0.3, -0.25) is 0 Å². The van der Waals surface area contributed by atoms with Gasteiger partial charge in [-0.25, -0.2) is 4.79 Å². The van der Waals surface area contributed by atoms with E-state index in [0.717, 1.165) is 37.7 Å². The molecule has 14 heavy (non-hydrogen) atoms. The fourth-order valence-electron chi connectivity index (χ4n) is 2.45. The Hall–Kier alpha value is -1.08. The predicted molar refractivity (Wildman–Crippen MR) is 55.8 cm³/mol. The van der Waals surface area contributed by atoms with E-state index in [1.54, 1.807) is 0 Å². The third kappa shape index (κ3) is 1.60. The first-order chi connectivity index (χ1) is 6.76. The van der Waals surface area contributed by atoms with Crippen LogP contribution in [0.15, 0.2) is 10.7 Å². The Morgan fingerprint density at radius 2 is 2.29 bits per heavy atom. The third-order valence-corrected chi connectivity index (χ3v) is 3.59. The van der Waals surface area contributed by atoms with Crippen molar-refractivity contribution in [2.24, 2.45) is 11.0 Å². The van der Waals surface area contributed by atoms with Crippen LogP contribution in [-0.4, -0.2) is 17.7 Å². The number of allylic oxidation sites excluding steroid dienone is 1. The molecule has 2 aliphatic rings. The van der Waals surface area contributed by atoms with E-state index >= 15 is 0 Å². The molecule has 3 nitrogen and oxygen atoms in total. The van der Waals surface area contributed by atoms with Gasteiger partial charge in [0.15, 0.2) is 0 Å². The maximum absolute atomic E-state index is 10.5. The molecule has 1 aliphatic carbocycles. The van der Waals surface area contributed by atoms with Crippen LogP contribution < -0.4 is 5.43 Å². The highest BCUT2D eigenvalue weighted by Crippen LogP contribution is 2.37. The maximum Gasteiger partial charge on any atom is 0.123 e. The summed E-state index contributed by atoms with van der Waals surface area (Å²) < 4.78 is 0. The molecule has 3 heteroatoms. The lowest BCUT2D eigenvalue weighted by Crippen LogP contribution is -2.42. The number of nitrogens with zero attached hydrogens (tertiary/aromatic N) is 1. The maximum atomic E-state index is 10.5. The van der Waals surface area contributed by atoms with Gasteiger partial charge in [0.05, 0.1) is 5.54 Å². The van der Waals surface area contributed by atoms with Gasteiger partial charge in [-0.2, -0.15) is 5.10 Å². The SMILES string of the molecule is CC(=C=O)C1CCC2(CC=NN2)CC1. The monoisotopic (exact) mass is 192 g/mol. The highest BCUT2D eigenvalue weighted by Gasteiger charge is 2.36. The van der Waals surface area contributed by atoms with Crippen molar-refractivity contribution in [2.75, 3.05) is 0 Å². The zero-order valence-electron chi connectivity index (χ0n) is 8.55. The molecular formula is C11H16N2O. The lowest BCUT2D eigenvalue weighted by Gasteiger charge is -2.36. The smallest absolute Gasteiger partial charge is 0.123 e. The first-order valence-corrected chi connectivity index (χ1v) is 5.26. The molecule has 2 rings (SSSR count). The number of nitrogens with one attached hydrogen (secondary N) is 1. The second-order valence-electron chi connectivity index (χ2n) is 4.47. The summed E-state index contributed by atoms with van der Waals surface area (Å²) in [6.45, 7) is 1.90. The van der Waals surface area contributed by atoms with Crippen molar-refractivity contribution < 1.29 is 4.79 Å². The van der Waals surface area contributed by atoms with Crippen molar-refractivity contribution in [3.63, 3.8) is 0 Å². The van der Waals surface area contributed by atoms with Crippen LogP contribution in [-0.2, 0) is 4.79 Å². The number of hydrogen-bond acceptors (Lipinski definition) is 3. The Labute approximate surface area is 84.3 Å². The molecule has 1 fully saturated rings. The zero-order chi connectivity index (χ0) is 10.0. The van der Waals surface area contributed by atoms with Gasteiger partial charge in [0.2, 0.25) is 0 Å². The number of hydrazone groups is 1. The molecular weight excluding hydrogens is 176 g/mol. The van der Waals surface area contributed by atoms with E-state index < -0.39 is 0 Å². The van der Waals surface area contributed by atoms with Gasteiger partial charge in [-0.15, -0.1) is 0 Å². The molecule has 1 saturated carbocycles. The van der Waals surface area contributed by atoms with Gasteiger partial charge in [0.25, 0.3) is 0 Å². The molecule has 0 atom stereocenters. The second kappa shape index (κ2) is 3.58. The molecule has 1 spiro atoms. The first kappa shape index (κ1) is 9.47. The van der Waals surface area contributed by atoms with Crippen LogP contribution in [0.2, 0.25) is 0 Å². The minimum atomic E-state index is 0.222. The average Bonchev–Trinajstić information content (AvgIpc) is 2.67. The van der Waals surface area contributed by atoms with Crippen molar-refractivity contribution in [1.29, 1.82) is 0 Å². The summed E-state index contributed by atoms with van der Waals surface area (Å²) in [5.41, 5.74) is 4.32. The van der Waals surface area contributed by atoms with Gasteiger partial charge in [-0.05, 0) is 38.5 Å². The summed E-state index contributed by atoms with van der Waals surface area (Å²) in [5, 5.41) is 4.09. The molecule has 1 heterocycles. The van der Waals surface area contributed by atoms with E-state index in [0.29, 0.717) is 5.92 Å². The first-order valence-electron chi connectivity index (χ1n) is 5.26. The van der Waals surface area contributed by atoms with Crippen molar-refractivity contribution in [1.82, 2.24) is 5.43 Å². The predicted octanol–water partition coefficient (Wildman–Crippen LogP) is 1.67. The van der Waals surface area contributed by atoms with E-state index in [2.05, 4.69) is 10.5 Å². The lowest BCUT2D eigenvalue weighted by atomic mass is 9.74. The van der Waals surface area contributed by atoms with Crippen LogP contribution >= 0.6 is 0 Å². The topological polar surface area (TPSA) is 41.5 Å². The molecule has 1 N–H and O–H groups in total. The molecule has 0 aromatic heterocycles. The van der Waals surface area contributed by atoms with E-state index in [9.17, 15) is 4.79 Å². The number of rotatable bonds is 1. The third-order valence-electron chi connectivity index (χ3n) is 3.59. The van der Waals surface area contributed by atoms with Gasteiger partial charge < -0.3 is 5.43 Å². The number of carbonyl (C=O) groups excluding carboxylic acids is 1. The highest BCUT2D eigenvalue weighted by molar-refractivity contribution is 5.61. The minimum Gasteiger partial charge on any atom is -0.304 e. The van der Waals surface area contributed by atoms with E-state index in [4.69, 9.17) is 0 Å². The molecule has 0 bridgehead atoms. The van der Waals surface area contributed by atoms with E-state index in [-0.39, 0.29) is 5.54 Å². The van der Waals surface area contributed by atoms with Crippen LogP contribution in [0.5, 0.6) is 0 Å². The lowest BCUT2D eigenvalue weighted by molar-refractivity contribution is 0.225. The van der Waals surface area contributed by atoms with Crippen LogP contribution in [0.25, 0.3) is 0 Å². The Kier molecular flexibility index (Phi) is 2.42. The quantitative estimate of drug-likeness (QED) is 0.642. The fourth-order valence-corrected chi connectivity index (χ4v) is 2.45. The van der Waals surface area contributed by atoms with Crippen LogP contribution in [0.1, 0.15) is 39.0 Å². The van der Waals surface area contributed by atoms with Gasteiger partial charge in [0, 0.05) is 18.2 Å². The van der Waals surface area contributed by atoms with Crippen LogP contribution in [0.4, 0.5) is 0 Å². The molecule has 0 aromatic rings. The van der Waals surface area contributed by atoms with Crippen LogP contribution in [0.3, 0.4) is 0 Å². The van der Waals surface area contributed by atoms with Crippen molar-refractivity contribution in [2.45, 2.75) is 44.6 Å². The largest absolute Gasteiger partial charge is 0.304 e. The summed E-state index contributed by atoms with van der Waals surface area (Å²) in [6.07, 6.45) is 7.44. The standard InChI is InChI=1S/C11H16N2O/c1-9(8-14)10-2-4-11(5-3-10)6-7-12-13-11/h7,10,13H,2-6H2,1H3. The molecule has 0 amide bonds. The normalized spacial score (nSPS) is 35.4. The summed E-state index contributed by atoms with van der Waals surface area (Å²) >= 11 is 0. The summed E-state index contributed by atoms with van der Waals surface area (Å²) in [5.74, 6) is 2.49. The van der Waals surface area contributed by atoms with Crippen molar-refractivity contribution in [3.8, 4) is 0 Å². The van der Waals surface area contributed by atoms with Crippen molar-refractivity contribution in [3.05, 3.63) is 5.57 Å². The molecule has 1 aliphatic heterocycles. The molecule has 0 unspecified atom stereocenters. The fraction of sp³-hybridized carbons (Fsp3) is 0.727. The Balaban J connectivity index is 1.95. The van der Waals surface area contributed by atoms with Gasteiger partial charge in [0.1, 0.15) is 5.94 Å². The summed E-state index contributed by atoms with van der Waals surface area (Å²) in [7, 11) is 0. The van der Waals surface area contributed by atoms with Crippen molar-refractivity contribution >= 4 is 12.2 Å². The molecule has 76 valence electrons.